The largest absolute Gasteiger partial charge is 0.392 e. The number of thiocarbonyl (C=S) groups is 1. The number of hydrogen-bond donors (Lipinski definition) is 2. The predicted octanol–water partition coefficient (Wildman–Crippen LogP) is 2.38. The van der Waals surface area contributed by atoms with Gasteiger partial charge in [0.05, 0.1) is 10.4 Å². The SMILES string of the molecule is CCC(C)(C(=O)NC1CCCCC1C)C(N)=S. The molecule has 3 N–H and O–H groups in total. The van der Waals surface area contributed by atoms with Crippen LogP contribution >= 0.6 is 12.2 Å². The van der Waals surface area contributed by atoms with Crippen LogP contribution in [0.25, 0.3) is 0 Å². The summed E-state index contributed by atoms with van der Waals surface area (Å²) in [6, 6.07) is 0.288. The van der Waals surface area contributed by atoms with Gasteiger partial charge in [0.1, 0.15) is 0 Å². The molecular formula is C13H24N2OS. The van der Waals surface area contributed by atoms with Crippen molar-refractivity contribution in [3.8, 4) is 0 Å². The molecule has 3 unspecified atom stereocenters. The second-order valence-corrected chi connectivity index (χ2v) is 5.83. The molecule has 0 spiro atoms. The Morgan fingerprint density at radius 1 is 1.47 bits per heavy atom. The number of rotatable bonds is 4. The van der Waals surface area contributed by atoms with Gasteiger partial charge in [-0.3, -0.25) is 4.79 Å². The summed E-state index contributed by atoms with van der Waals surface area (Å²) in [5.41, 5.74) is 4.99. The van der Waals surface area contributed by atoms with Crippen LogP contribution in [-0.4, -0.2) is 16.9 Å². The number of nitrogens with one attached hydrogen (secondary N) is 1. The Morgan fingerprint density at radius 2 is 2.06 bits per heavy atom. The van der Waals surface area contributed by atoms with Crippen molar-refractivity contribution in [2.24, 2.45) is 17.1 Å². The molecule has 0 radical (unpaired) electrons. The molecule has 0 aromatic rings. The maximum absolute atomic E-state index is 12.3. The fourth-order valence-corrected chi connectivity index (χ4v) is 2.54. The zero-order valence-corrected chi connectivity index (χ0v) is 11.9. The average molecular weight is 256 g/mol. The van der Waals surface area contributed by atoms with E-state index >= 15 is 0 Å². The third kappa shape index (κ3) is 3.18. The minimum absolute atomic E-state index is 0.00810. The minimum Gasteiger partial charge on any atom is -0.392 e. The lowest BCUT2D eigenvalue weighted by Gasteiger charge is -2.33. The first-order valence-corrected chi connectivity index (χ1v) is 6.93. The number of carbonyl (C=O) groups excluding carboxylic acids is 1. The third-order valence-corrected chi connectivity index (χ3v) is 4.63. The van der Waals surface area contributed by atoms with Gasteiger partial charge in [0, 0.05) is 6.04 Å². The van der Waals surface area contributed by atoms with E-state index in [-0.39, 0.29) is 11.9 Å². The van der Waals surface area contributed by atoms with Crippen molar-refractivity contribution in [2.75, 3.05) is 0 Å². The van der Waals surface area contributed by atoms with Gasteiger partial charge in [-0.15, -0.1) is 0 Å². The van der Waals surface area contributed by atoms with E-state index in [4.69, 9.17) is 18.0 Å². The van der Waals surface area contributed by atoms with Gasteiger partial charge >= 0.3 is 0 Å². The summed E-state index contributed by atoms with van der Waals surface area (Å²) in [6.45, 7) is 5.98. The van der Waals surface area contributed by atoms with E-state index in [0.29, 0.717) is 17.3 Å². The van der Waals surface area contributed by atoms with Crippen LogP contribution in [-0.2, 0) is 4.79 Å². The first kappa shape index (κ1) is 14.4. The monoisotopic (exact) mass is 256 g/mol. The molecule has 98 valence electrons. The molecular weight excluding hydrogens is 232 g/mol. The molecule has 1 saturated carbocycles. The zero-order chi connectivity index (χ0) is 13.1. The van der Waals surface area contributed by atoms with Gasteiger partial charge in [-0.1, -0.05) is 38.9 Å². The molecule has 0 aromatic heterocycles. The first-order chi connectivity index (χ1) is 7.91. The standard InChI is InChI=1S/C13H24N2OS/c1-4-13(3,11(14)17)12(16)15-10-8-6-5-7-9(10)2/h9-10H,4-8H2,1-3H3,(H2,14,17)(H,15,16). The smallest absolute Gasteiger partial charge is 0.232 e. The summed E-state index contributed by atoms with van der Waals surface area (Å²) in [5, 5.41) is 3.14. The molecule has 1 rings (SSSR count). The highest BCUT2D eigenvalue weighted by Crippen LogP contribution is 2.27. The third-order valence-electron chi connectivity index (χ3n) is 4.18. The van der Waals surface area contributed by atoms with E-state index in [1.54, 1.807) is 0 Å². The van der Waals surface area contributed by atoms with Crippen molar-refractivity contribution in [1.82, 2.24) is 5.32 Å². The number of nitrogens with two attached hydrogens (primary N) is 1. The van der Waals surface area contributed by atoms with E-state index in [1.165, 1.54) is 19.3 Å². The first-order valence-electron chi connectivity index (χ1n) is 6.52. The summed E-state index contributed by atoms with van der Waals surface area (Å²) in [6.07, 6.45) is 5.39. The second-order valence-electron chi connectivity index (χ2n) is 5.39. The molecule has 3 atom stereocenters. The normalized spacial score (nSPS) is 28.2. The van der Waals surface area contributed by atoms with E-state index < -0.39 is 5.41 Å². The number of hydrogen-bond acceptors (Lipinski definition) is 2. The van der Waals surface area contributed by atoms with Gasteiger partial charge < -0.3 is 11.1 Å². The molecule has 17 heavy (non-hydrogen) atoms. The lowest BCUT2D eigenvalue weighted by Crippen LogP contribution is -2.51. The highest BCUT2D eigenvalue weighted by atomic mass is 32.1. The Bertz CT molecular complexity index is 306. The maximum Gasteiger partial charge on any atom is 0.232 e. The number of amides is 1. The quantitative estimate of drug-likeness (QED) is 0.759. The predicted molar refractivity (Wildman–Crippen MR) is 74.7 cm³/mol. The lowest BCUT2D eigenvalue weighted by molar-refractivity contribution is -0.128. The van der Waals surface area contributed by atoms with Crippen molar-refractivity contribution >= 4 is 23.1 Å². The minimum atomic E-state index is -0.702. The molecule has 4 heteroatoms. The summed E-state index contributed by atoms with van der Waals surface area (Å²) < 4.78 is 0. The Labute approximate surface area is 110 Å². The molecule has 1 aliphatic rings. The Hall–Kier alpha value is -0.640. The summed E-state index contributed by atoms with van der Waals surface area (Å²) >= 11 is 5.02. The van der Waals surface area contributed by atoms with Gasteiger partial charge in [0.2, 0.25) is 5.91 Å². The topological polar surface area (TPSA) is 55.1 Å². The van der Waals surface area contributed by atoms with Crippen LogP contribution in [0.5, 0.6) is 0 Å². The molecule has 0 saturated heterocycles. The van der Waals surface area contributed by atoms with Crippen LogP contribution < -0.4 is 11.1 Å². The number of carbonyl (C=O) groups is 1. The Kier molecular flexibility index (Phi) is 4.92. The van der Waals surface area contributed by atoms with Crippen molar-refractivity contribution in [3.05, 3.63) is 0 Å². The van der Waals surface area contributed by atoms with Crippen molar-refractivity contribution < 1.29 is 4.79 Å². The van der Waals surface area contributed by atoms with E-state index in [9.17, 15) is 4.79 Å². The molecule has 1 aliphatic carbocycles. The Balaban J connectivity index is 2.67. The van der Waals surface area contributed by atoms with Crippen LogP contribution in [0.15, 0.2) is 0 Å². The van der Waals surface area contributed by atoms with Crippen LogP contribution in [0, 0.1) is 11.3 Å². The molecule has 3 nitrogen and oxygen atoms in total. The highest BCUT2D eigenvalue weighted by Gasteiger charge is 2.36. The van der Waals surface area contributed by atoms with Crippen molar-refractivity contribution in [1.29, 1.82) is 0 Å². The van der Waals surface area contributed by atoms with Crippen molar-refractivity contribution in [2.45, 2.75) is 58.9 Å². The highest BCUT2D eigenvalue weighted by molar-refractivity contribution is 7.80. The van der Waals surface area contributed by atoms with Crippen LogP contribution in [0.3, 0.4) is 0 Å². The van der Waals surface area contributed by atoms with E-state index in [2.05, 4.69) is 12.2 Å². The fraction of sp³-hybridized carbons (Fsp3) is 0.846. The van der Waals surface area contributed by atoms with Crippen molar-refractivity contribution in [3.63, 3.8) is 0 Å². The van der Waals surface area contributed by atoms with Gasteiger partial charge in [0.25, 0.3) is 0 Å². The van der Waals surface area contributed by atoms with Crippen LogP contribution in [0.1, 0.15) is 52.9 Å². The summed E-state index contributed by atoms with van der Waals surface area (Å²) in [5.74, 6) is 0.548. The molecule has 0 aromatic carbocycles. The summed E-state index contributed by atoms with van der Waals surface area (Å²) in [7, 11) is 0. The average Bonchev–Trinajstić information content (AvgIpc) is 2.30. The molecule has 0 aliphatic heterocycles. The lowest BCUT2D eigenvalue weighted by atomic mass is 9.82. The van der Waals surface area contributed by atoms with Gasteiger partial charge in [-0.25, -0.2) is 0 Å². The fourth-order valence-electron chi connectivity index (χ4n) is 2.31. The molecule has 1 fully saturated rings. The van der Waals surface area contributed by atoms with Gasteiger partial charge in [-0.05, 0) is 32.1 Å². The van der Waals surface area contributed by atoms with Gasteiger partial charge in [0.15, 0.2) is 0 Å². The van der Waals surface area contributed by atoms with Gasteiger partial charge in [-0.2, -0.15) is 0 Å². The molecule has 1 amide bonds. The molecule has 0 bridgehead atoms. The van der Waals surface area contributed by atoms with E-state index in [1.807, 2.05) is 13.8 Å². The van der Waals surface area contributed by atoms with E-state index in [0.717, 1.165) is 6.42 Å². The molecule has 0 heterocycles. The summed E-state index contributed by atoms with van der Waals surface area (Å²) in [4.78, 5) is 12.6. The van der Waals surface area contributed by atoms with Crippen LogP contribution in [0.4, 0.5) is 0 Å². The zero-order valence-electron chi connectivity index (χ0n) is 11.1. The maximum atomic E-state index is 12.3. The second kappa shape index (κ2) is 5.80. The Morgan fingerprint density at radius 3 is 2.53 bits per heavy atom. The van der Waals surface area contributed by atoms with Crippen LogP contribution in [0.2, 0.25) is 0 Å².